The molecule has 1 aromatic heterocycles. The minimum atomic E-state index is -0.585. The topological polar surface area (TPSA) is 58.6 Å². The number of halogens is 1. The molecule has 23 heavy (non-hydrogen) atoms. The molecule has 1 aliphatic rings. The van der Waals surface area contributed by atoms with E-state index in [4.69, 9.17) is 16.3 Å². The zero-order valence-electron chi connectivity index (χ0n) is 14.3. The largest absolute Gasteiger partial charge is 0.442 e. The third kappa shape index (κ3) is 4.54. The van der Waals surface area contributed by atoms with Crippen molar-refractivity contribution in [3.8, 4) is 0 Å². The normalized spacial score (nSPS) is 16.2. The number of aromatic nitrogens is 2. The van der Waals surface area contributed by atoms with E-state index in [1.807, 2.05) is 32.7 Å². The Labute approximate surface area is 142 Å². The lowest BCUT2D eigenvalue weighted by atomic mass is 10.2. The van der Waals surface area contributed by atoms with Crippen molar-refractivity contribution in [2.45, 2.75) is 59.0 Å². The number of amides is 1. The van der Waals surface area contributed by atoms with Gasteiger partial charge in [0.05, 0.1) is 5.69 Å². The fourth-order valence-electron chi connectivity index (χ4n) is 2.51. The second kappa shape index (κ2) is 7.45. The smallest absolute Gasteiger partial charge is 0.431 e. The van der Waals surface area contributed by atoms with Crippen molar-refractivity contribution in [3.63, 3.8) is 0 Å². The van der Waals surface area contributed by atoms with Crippen LogP contribution >= 0.6 is 11.6 Å². The highest BCUT2D eigenvalue weighted by atomic mass is 35.5. The fraction of sp³-hybridized carbons (Fsp3) is 0.688. The number of carbonyl (C=O) groups excluding carboxylic acids is 1. The molecule has 0 N–H and O–H groups in total. The highest BCUT2D eigenvalue weighted by Gasteiger charge is 2.32. The molecule has 0 aliphatic carbocycles. The first-order valence-corrected chi connectivity index (χ1v) is 8.48. The van der Waals surface area contributed by atoms with Crippen molar-refractivity contribution < 1.29 is 9.53 Å². The molecule has 1 aromatic rings. The van der Waals surface area contributed by atoms with E-state index in [2.05, 4.69) is 9.97 Å². The van der Waals surface area contributed by atoms with Gasteiger partial charge in [0.25, 0.3) is 0 Å². The van der Waals surface area contributed by atoms with Gasteiger partial charge in [0.1, 0.15) is 17.0 Å². The van der Waals surface area contributed by atoms with Crippen LogP contribution in [0.25, 0.3) is 0 Å². The van der Waals surface area contributed by atoms with E-state index in [9.17, 15) is 4.79 Å². The molecule has 0 atom stereocenters. The van der Waals surface area contributed by atoms with Gasteiger partial charge in [-0.1, -0.05) is 24.9 Å². The summed E-state index contributed by atoms with van der Waals surface area (Å²) >= 11 is 6.44. The Kier molecular flexibility index (Phi) is 5.81. The molecular weight excluding hydrogens is 316 g/mol. The minimum absolute atomic E-state index is 0.398. The van der Waals surface area contributed by atoms with Crippen molar-refractivity contribution in [1.29, 1.82) is 0 Å². The van der Waals surface area contributed by atoms with E-state index in [1.54, 1.807) is 0 Å². The molecule has 1 saturated heterocycles. The van der Waals surface area contributed by atoms with E-state index in [0.29, 0.717) is 17.3 Å². The molecule has 2 rings (SSSR count). The van der Waals surface area contributed by atoms with Crippen LogP contribution in [0.1, 0.15) is 52.7 Å². The predicted octanol–water partition coefficient (Wildman–Crippen LogP) is 3.83. The average molecular weight is 341 g/mol. The Balaban J connectivity index is 2.38. The molecule has 0 aromatic carbocycles. The molecule has 0 bridgehead atoms. The van der Waals surface area contributed by atoms with E-state index in [0.717, 1.165) is 38.0 Å². The van der Waals surface area contributed by atoms with Gasteiger partial charge in [-0.15, -0.1) is 0 Å². The lowest BCUT2D eigenvalue weighted by Crippen LogP contribution is -2.51. The fourth-order valence-corrected chi connectivity index (χ4v) is 2.82. The van der Waals surface area contributed by atoms with Crippen LogP contribution in [0.4, 0.5) is 10.6 Å². The van der Waals surface area contributed by atoms with Crippen molar-refractivity contribution >= 4 is 23.5 Å². The summed E-state index contributed by atoms with van der Waals surface area (Å²) in [5.74, 6) is 0.398. The zero-order chi connectivity index (χ0) is 17.0. The van der Waals surface area contributed by atoms with Crippen LogP contribution < -0.4 is 5.01 Å². The number of aryl methyl sites for hydroxylation is 1. The van der Waals surface area contributed by atoms with Gasteiger partial charge in [-0.25, -0.2) is 19.8 Å². The van der Waals surface area contributed by atoms with Crippen LogP contribution in [0.3, 0.4) is 0 Å². The minimum Gasteiger partial charge on any atom is -0.442 e. The van der Waals surface area contributed by atoms with Gasteiger partial charge >= 0.3 is 6.09 Å². The van der Waals surface area contributed by atoms with Crippen LogP contribution in [0.5, 0.6) is 0 Å². The predicted molar refractivity (Wildman–Crippen MR) is 90.6 cm³/mol. The van der Waals surface area contributed by atoms with Crippen LogP contribution in [0, 0.1) is 0 Å². The number of carbonyl (C=O) groups is 1. The molecule has 2 heterocycles. The highest BCUT2D eigenvalue weighted by Crippen LogP contribution is 2.29. The molecule has 0 saturated carbocycles. The lowest BCUT2D eigenvalue weighted by molar-refractivity contribution is 0.0438. The number of rotatable bonds is 3. The summed E-state index contributed by atoms with van der Waals surface area (Å²) in [6.45, 7) is 9.06. The van der Waals surface area contributed by atoms with Crippen molar-refractivity contribution in [2.75, 3.05) is 18.1 Å². The quantitative estimate of drug-likeness (QED) is 0.836. The number of nitrogens with zero attached hydrogens (tertiary/aromatic N) is 4. The number of piperidine rings is 1. The third-order valence-corrected chi connectivity index (χ3v) is 3.95. The summed E-state index contributed by atoms with van der Waals surface area (Å²) in [6, 6.07) is 0. The maximum atomic E-state index is 12.8. The van der Waals surface area contributed by atoms with Gasteiger partial charge in [-0.3, -0.25) is 0 Å². The van der Waals surface area contributed by atoms with Gasteiger partial charge in [0.2, 0.25) is 0 Å². The summed E-state index contributed by atoms with van der Waals surface area (Å²) in [6.07, 6.45) is 4.89. The van der Waals surface area contributed by atoms with Crippen LogP contribution in [0.15, 0.2) is 6.33 Å². The standard InChI is InChI=1S/C16H25ClN4O2/c1-5-12-13(17)14(19-11-18-12)21(15(22)23-16(2,3)4)20-9-7-6-8-10-20/h11H,5-10H2,1-4H3. The molecular formula is C16H25ClN4O2. The summed E-state index contributed by atoms with van der Waals surface area (Å²) in [7, 11) is 0. The molecule has 1 amide bonds. The Morgan fingerprint density at radius 1 is 1.30 bits per heavy atom. The van der Waals surface area contributed by atoms with E-state index < -0.39 is 11.7 Å². The molecule has 0 radical (unpaired) electrons. The maximum Gasteiger partial charge on any atom is 0.431 e. The number of hydrazine groups is 1. The van der Waals surface area contributed by atoms with Crippen molar-refractivity contribution in [2.24, 2.45) is 0 Å². The summed E-state index contributed by atoms with van der Waals surface area (Å²) in [5, 5.41) is 3.85. The van der Waals surface area contributed by atoms with Gasteiger partial charge in [0, 0.05) is 13.1 Å². The monoisotopic (exact) mass is 340 g/mol. The van der Waals surface area contributed by atoms with Gasteiger partial charge in [0.15, 0.2) is 5.82 Å². The van der Waals surface area contributed by atoms with Gasteiger partial charge in [-0.05, 0) is 40.0 Å². The van der Waals surface area contributed by atoms with Crippen molar-refractivity contribution in [1.82, 2.24) is 15.0 Å². The van der Waals surface area contributed by atoms with Crippen LogP contribution in [0.2, 0.25) is 5.02 Å². The first kappa shape index (κ1) is 17.9. The number of hydrogen-bond donors (Lipinski definition) is 0. The molecule has 0 unspecified atom stereocenters. The summed E-state index contributed by atoms with van der Waals surface area (Å²) in [5.41, 5.74) is 0.139. The Bertz CT molecular complexity index is 554. The van der Waals surface area contributed by atoms with E-state index in [1.165, 1.54) is 11.3 Å². The Morgan fingerprint density at radius 2 is 1.96 bits per heavy atom. The first-order valence-electron chi connectivity index (χ1n) is 8.11. The third-order valence-electron chi connectivity index (χ3n) is 3.56. The first-order chi connectivity index (χ1) is 10.8. The number of ether oxygens (including phenoxy) is 1. The molecule has 1 fully saturated rings. The lowest BCUT2D eigenvalue weighted by Gasteiger charge is -2.37. The average Bonchev–Trinajstić information content (AvgIpc) is 2.48. The molecule has 128 valence electrons. The van der Waals surface area contributed by atoms with Crippen LogP contribution in [-0.2, 0) is 11.2 Å². The Morgan fingerprint density at radius 3 is 2.52 bits per heavy atom. The molecule has 0 spiro atoms. The van der Waals surface area contributed by atoms with Gasteiger partial charge < -0.3 is 4.74 Å². The number of hydrogen-bond acceptors (Lipinski definition) is 5. The zero-order valence-corrected chi connectivity index (χ0v) is 15.1. The second-order valence-corrected chi connectivity index (χ2v) is 7.00. The second-order valence-electron chi connectivity index (χ2n) is 6.62. The van der Waals surface area contributed by atoms with Crippen molar-refractivity contribution in [3.05, 3.63) is 17.0 Å². The maximum absolute atomic E-state index is 12.8. The number of anilines is 1. The molecule has 7 heteroatoms. The summed E-state index contributed by atoms with van der Waals surface area (Å²) in [4.78, 5) is 21.2. The highest BCUT2D eigenvalue weighted by molar-refractivity contribution is 6.34. The SMILES string of the molecule is CCc1ncnc(N(C(=O)OC(C)(C)C)N2CCCCC2)c1Cl. The molecule has 1 aliphatic heterocycles. The van der Waals surface area contributed by atoms with E-state index >= 15 is 0 Å². The Hall–Kier alpha value is -1.40. The molecule has 6 nitrogen and oxygen atoms in total. The van der Waals surface area contributed by atoms with Crippen LogP contribution in [-0.4, -0.2) is 39.8 Å². The van der Waals surface area contributed by atoms with E-state index in [-0.39, 0.29) is 0 Å². The van der Waals surface area contributed by atoms with Gasteiger partial charge in [-0.2, -0.15) is 5.01 Å². The summed E-state index contributed by atoms with van der Waals surface area (Å²) < 4.78 is 5.56.